The molecule has 0 unspecified atom stereocenters. The number of thioether (sulfide) groups is 2. The second kappa shape index (κ2) is 8.77. The number of hydrogen-bond acceptors (Lipinski definition) is 7. The highest BCUT2D eigenvalue weighted by atomic mass is 32.2. The minimum atomic E-state index is -0.0627. The number of carbonyl (C=O) groups excluding carboxylic acids is 1. The molecule has 1 aromatic carbocycles. The molecule has 3 aromatic rings. The molecule has 0 saturated heterocycles. The third-order valence-corrected chi connectivity index (χ3v) is 5.01. The Morgan fingerprint density at radius 2 is 2.00 bits per heavy atom. The fraction of sp³-hybridized carbons (Fsp3) is 0.235. The van der Waals surface area contributed by atoms with Crippen LogP contribution in [0.25, 0.3) is 11.7 Å². The van der Waals surface area contributed by atoms with E-state index in [-0.39, 0.29) is 11.7 Å². The minimum Gasteiger partial charge on any atom is -0.459 e. The van der Waals surface area contributed by atoms with Crippen molar-refractivity contribution in [1.82, 2.24) is 15.5 Å². The predicted molar refractivity (Wildman–Crippen MR) is 97.6 cm³/mol. The normalized spacial score (nSPS) is 10.8. The number of benzene rings is 1. The number of amides is 1. The zero-order valence-corrected chi connectivity index (χ0v) is 15.2. The van der Waals surface area contributed by atoms with E-state index in [2.05, 4.69) is 46.7 Å². The van der Waals surface area contributed by atoms with Crippen LogP contribution in [0, 0.1) is 6.92 Å². The van der Waals surface area contributed by atoms with Crippen molar-refractivity contribution in [3.8, 4) is 11.7 Å². The van der Waals surface area contributed by atoms with Crippen LogP contribution < -0.4 is 5.32 Å². The Morgan fingerprint density at radius 3 is 2.76 bits per heavy atom. The van der Waals surface area contributed by atoms with Crippen molar-refractivity contribution in [2.75, 3.05) is 18.1 Å². The highest BCUT2D eigenvalue weighted by Gasteiger charge is 2.12. The number of furan rings is 1. The van der Waals surface area contributed by atoms with Gasteiger partial charge in [-0.15, -0.1) is 22.0 Å². The molecule has 8 heteroatoms. The molecule has 0 aliphatic carbocycles. The summed E-state index contributed by atoms with van der Waals surface area (Å²) in [7, 11) is 0. The Labute approximate surface area is 153 Å². The summed E-state index contributed by atoms with van der Waals surface area (Å²) in [5, 5.41) is 11.0. The number of hydrogen-bond donors (Lipinski definition) is 1. The van der Waals surface area contributed by atoms with Gasteiger partial charge in [-0.1, -0.05) is 29.5 Å². The van der Waals surface area contributed by atoms with Gasteiger partial charge in [0.25, 0.3) is 11.1 Å². The van der Waals surface area contributed by atoms with Crippen molar-refractivity contribution in [2.45, 2.75) is 17.0 Å². The van der Waals surface area contributed by atoms with E-state index in [0.717, 1.165) is 5.75 Å². The van der Waals surface area contributed by atoms with Crippen molar-refractivity contribution >= 4 is 29.4 Å². The quantitative estimate of drug-likeness (QED) is 0.475. The molecule has 0 saturated carbocycles. The van der Waals surface area contributed by atoms with Crippen LogP contribution in [0.4, 0.5) is 0 Å². The second-order valence-corrected chi connectivity index (χ2v) is 7.25. The van der Waals surface area contributed by atoms with Crippen LogP contribution in [0.3, 0.4) is 0 Å². The molecular formula is C17H17N3O3S2. The van der Waals surface area contributed by atoms with Gasteiger partial charge in [0, 0.05) is 17.2 Å². The highest BCUT2D eigenvalue weighted by molar-refractivity contribution is 7.99. The van der Waals surface area contributed by atoms with Gasteiger partial charge in [0.2, 0.25) is 5.91 Å². The summed E-state index contributed by atoms with van der Waals surface area (Å²) in [6.45, 7) is 2.67. The molecular weight excluding hydrogens is 358 g/mol. The zero-order chi connectivity index (χ0) is 17.5. The maximum absolute atomic E-state index is 11.9. The summed E-state index contributed by atoms with van der Waals surface area (Å²) in [5.74, 6) is 1.81. The van der Waals surface area contributed by atoms with Gasteiger partial charge in [0.15, 0.2) is 5.76 Å². The Hall–Kier alpha value is -2.19. The lowest BCUT2D eigenvalue weighted by atomic mass is 10.2. The average molecular weight is 375 g/mol. The van der Waals surface area contributed by atoms with Gasteiger partial charge >= 0.3 is 0 Å². The van der Waals surface area contributed by atoms with E-state index in [9.17, 15) is 4.79 Å². The lowest BCUT2D eigenvalue weighted by Gasteiger charge is -2.04. The van der Waals surface area contributed by atoms with Crippen LogP contribution in [0.1, 0.15) is 5.56 Å². The molecule has 25 heavy (non-hydrogen) atoms. The van der Waals surface area contributed by atoms with E-state index >= 15 is 0 Å². The topological polar surface area (TPSA) is 81.2 Å². The third-order valence-electron chi connectivity index (χ3n) is 3.18. The van der Waals surface area contributed by atoms with E-state index in [0.29, 0.717) is 23.4 Å². The molecule has 3 rings (SSSR count). The van der Waals surface area contributed by atoms with Gasteiger partial charge in [-0.05, 0) is 31.2 Å². The van der Waals surface area contributed by atoms with E-state index in [1.807, 2.05) is 0 Å². The van der Waals surface area contributed by atoms with Gasteiger partial charge < -0.3 is 14.2 Å². The van der Waals surface area contributed by atoms with Gasteiger partial charge in [0.05, 0.1) is 12.0 Å². The Balaban J connectivity index is 1.35. The number of nitrogens with one attached hydrogen (secondary N) is 1. The number of aryl methyl sites for hydroxylation is 1. The van der Waals surface area contributed by atoms with E-state index in [1.54, 1.807) is 23.9 Å². The SMILES string of the molecule is Cc1ccc(SCCNC(=O)CSc2nnc(-c3ccco3)o2)cc1. The molecule has 0 radical (unpaired) electrons. The van der Waals surface area contributed by atoms with Crippen LogP contribution in [-0.2, 0) is 4.79 Å². The maximum Gasteiger partial charge on any atom is 0.284 e. The molecule has 2 aromatic heterocycles. The van der Waals surface area contributed by atoms with Crippen molar-refractivity contribution < 1.29 is 13.6 Å². The van der Waals surface area contributed by atoms with Crippen molar-refractivity contribution in [3.63, 3.8) is 0 Å². The average Bonchev–Trinajstić information content (AvgIpc) is 3.29. The maximum atomic E-state index is 11.9. The van der Waals surface area contributed by atoms with Crippen molar-refractivity contribution in [3.05, 3.63) is 48.2 Å². The van der Waals surface area contributed by atoms with E-state index in [4.69, 9.17) is 8.83 Å². The first-order valence-electron chi connectivity index (χ1n) is 7.67. The molecule has 0 atom stereocenters. The summed E-state index contributed by atoms with van der Waals surface area (Å²) in [6.07, 6.45) is 1.54. The fourth-order valence-corrected chi connectivity index (χ4v) is 3.30. The Kier molecular flexibility index (Phi) is 6.19. The molecule has 0 spiro atoms. The summed E-state index contributed by atoms with van der Waals surface area (Å²) in [6, 6.07) is 11.8. The molecule has 1 amide bonds. The molecule has 0 aliphatic rings. The zero-order valence-electron chi connectivity index (χ0n) is 13.6. The summed E-state index contributed by atoms with van der Waals surface area (Å²) in [4.78, 5) is 13.1. The molecule has 0 fully saturated rings. The minimum absolute atomic E-state index is 0.0627. The van der Waals surface area contributed by atoms with E-state index in [1.165, 1.54) is 28.5 Å². The predicted octanol–water partition coefficient (Wildman–Crippen LogP) is 3.64. The van der Waals surface area contributed by atoms with Crippen LogP contribution >= 0.6 is 23.5 Å². The smallest absolute Gasteiger partial charge is 0.284 e. The van der Waals surface area contributed by atoms with Crippen LogP contribution in [0.5, 0.6) is 0 Å². The fourth-order valence-electron chi connectivity index (χ4n) is 1.94. The molecule has 130 valence electrons. The lowest BCUT2D eigenvalue weighted by molar-refractivity contribution is -0.118. The first-order valence-corrected chi connectivity index (χ1v) is 9.64. The van der Waals surface area contributed by atoms with Gasteiger partial charge in [0.1, 0.15) is 0 Å². The van der Waals surface area contributed by atoms with Gasteiger partial charge in [-0.2, -0.15) is 0 Å². The number of nitrogens with zero attached hydrogens (tertiary/aromatic N) is 2. The largest absolute Gasteiger partial charge is 0.459 e. The molecule has 2 heterocycles. The summed E-state index contributed by atoms with van der Waals surface area (Å²) >= 11 is 2.92. The Morgan fingerprint density at radius 1 is 1.16 bits per heavy atom. The summed E-state index contributed by atoms with van der Waals surface area (Å²) < 4.78 is 10.6. The number of aromatic nitrogens is 2. The third kappa shape index (κ3) is 5.40. The van der Waals surface area contributed by atoms with Crippen molar-refractivity contribution in [2.24, 2.45) is 0 Å². The van der Waals surface area contributed by atoms with Crippen LogP contribution in [0.15, 0.2) is 61.6 Å². The second-order valence-electron chi connectivity index (χ2n) is 5.15. The van der Waals surface area contributed by atoms with Crippen LogP contribution in [0.2, 0.25) is 0 Å². The monoisotopic (exact) mass is 375 g/mol. The van der Waals surface area contributed by atoms with Gasteiger partial charge in [-0.3, -0.25) is 4.79 Å². The van der Waals surface area contributed by atoms with E-state index < -0.39 is 0 Å². The standard InChI is InChI=1S/C17H17N3O3S2/c1-12-4-6-13(7-5-12)24-10-8-18-15(21)11-25-17-20-19-16(23-17)14-3-2-9-22-14/h2-7,9H,8,10-11H2,1H3,(H,18,21). The van der Waals surface area contributed by atoms with Crippen LogP contribution in [-0.4, -0.2) is 34.2 Å². The number of rotatable bonds is 8. The summed E-state index contributed by atoms with van der Waals surface area (Å²) in [5.41, 5.74) is 1.24. The molecule has 0 bridgehead atoms. The van der Waals surface area contributed by atoms with Crippen molar-refractivity contribution in [1.29, 1.82) is 0 Å². The molecule has 1 N–H and O–H groups in total. The molecule has 6 nitrogen and oxygen atoms in total. The van der Waals surface area contributed by atoms with Gasteiger partial charge in [-0.25, -0.2) is 0 Å². The first-order chi connectivity index (χ1) is 12.2. The molecule has 0 aliphatic heterocycles. The highest BCUT2D eigenvalue weighted by Crippen LogP contribution is 2.23. The lowest BCUT2D eigenvalue weighted by Crippen LogP contribution is -2.27. The Bertz CT molecular complexity index is 801. The number of carbonyl (C=O) groups is 1. The first kappa shape index (κ1) is 17.6.